The van der Waals surface area contributed by atoms with Gasteiger partial charge in [0, 0.05) is 13.1 Å². The molecule has 7 nitrogen and oxygen atoms in total. The van der Waals surface area contributed by atoms with Crippen molar-refractivity contribution in [2.24, 2.45) is 5.73 Å². The van der Waals surface area contributed by atoms with Gasteiger partial charge in [-0.15, -0.1) is 0 Å². The van der Waals surface area contributed by atoms with Crippen molar-refractivity contribution in [2.75, 3.05) is 46.2 Å². The number of rotatable bonds is 12. The van der Waals surface area contributed by atoms with Gasteiger partial charge in [-0.3, -0.25) is 10.1 Å². The normalized spacial score (nSPS) is 12.4. The summed E-state index contributed by atoms with van der Waals surface area (Å²) in [5, 5.41) is 13.8. The maximum Gasteiger partial charge on any atom is 0.236 e. The van der Waals surface area contributed by atoms with Gasteiger partial charge in [-0.25, -0.2) is 0 Å². The number of carbonyl (C=O) groups excluding carboxylic acids is 1. The zero-order valence-corrected chi connectivity index (χ0v) is 11.0. The second-order valence-corrected chi connectivity index (χ2v) is 3.69. The highest BCUT2D eigenvalue weighted by molar-refractivity contribution is 5.81. The van der Waals surface area contributed by atoms with Gasteiger partial charge in [-0.2, -0.15) is 0 Å². The van der Waals surface area contributed by atoms with Gasteiger partial charge in [-0.1, -0.05) is 6.92 Å². The number of ether oxygens (including phenoxy) is 2. The summed E-state index contributed by atoms with van der Waals surface area (Å²) >= 11 is 0. The van der Waals surface area contributed by atoms with Crippen LogP contribution in [0.4, 0.5) is 0 Å². The molecule has 0 aromatic rings. The van der Waals surface area contributed by atoms with E-state index in [0.717, 1.165) is 0 Å². The molecule has 18 heavy (non-hydrogen) atoms. The summed E-state index contributed by atoms with van der Waals surface area (Å²) in [5.74, 6) is -0.146. The molecule has 7 heteroatoms. The van der Waals surface area contributed by atoms with Crippen molar-refractivity contribution in [1.29, 1.82) is 0 Å². The number of aliphatic hydroxyl groups excluding tert-OH is 1. The summed E-state index contributed by atoms with van der Waals surface area (Å²) in [7, 11) is 0. The average Bonchev–Trinajstić information content (AvgIpc) is 2.39. The first-order chi connectivity index (χ1) is 8.72. The van der Waals surface area contributed by atoms with E-state index in [4.69, 9.17) is 20.3 Å². The first kappa shape index (κ1) is 17.3. The average molecular weight is 263 g/mol. The Kier molecular flexibility index (Phi) is 12.2. The number of carbonyl (C=O) groups is 1. The van der Waals surface area contributed by atoms with Crippen LogP contribution in [0.2, 0.25) is 0 Å². The van der Waals surface area contributed by atoms with Gasteiger partial charge < -0.3 is 25.6 Å². The quantitative estimate of drug-likeness (QED) is 0.250. The second-order valence-electron chi connectivity index (χ2n) is 3.69. The van der Waals surface area contributed by atoms with E-state index in [2.05, 4.69) is 10.6 Å². The fourth-order valence-electron chi connectivity index (χ4n) is 1.11. The molecule has 0 rings (SSSR count). The predicted molar refractivity (Wildman–Crippen MR) is 68.0 cm³/mol. The van der Waals surface area contributed by atoms with Crippen molar-refractivity contribution in [3.63, 3.8) is 0 Å². The van der Waals surface area contributed by atoms with Crippen molar-refractivity contribution in [3.05, 3.63) is 0 Å². The zero-order valence-electron chi connectivity index (χ0n) is 11.0. The second kappa shape index (κ2) is 12.7. The maximum atomic E-state index is 11.3. The molecule has 0 bridgehead atoms. The van der Waals surface area contributed by atoms with E-state index < -0.39 is 6.04 Å². The molecule has 0 saturated heterocycles. The number of nitrogens with two attached hydrogens (primary N) is 1. The van der Waals surface area contributed by atoms with E-state index in [0.29, 0.717) is 45.9 Å². The summed E-state index contributed by atoms with van der Waals surface area (Å²) in [6.07, 6.45) is 0.627. The van der Waals surface area contributed by atoms with Crippen LogP contribution in [0.1, 0.15) is 13.3 Å². The smallest absolute Gasteiger partial charge is 0.236 e. The first-order valence-electron chi connectivity index (χ1n) is 6.22. The third-order valence-electron chi connectivity index (χ3n) is 2.23. The number of amides is 1. The molecule has 0 radical (unpaired) electrons. The highest BCUT2D eigenvalue weighted by Crippen LogP contribution is 1.85. The van der Waals surface area contributed by atoms with Crippen molar-refractivity contribution in [3.8, 4) is 0 Å². The lowest BCUT2D eigenvalue weighted by molar-refractivity contribution is -0.122. The van der Waals surface area contributed by atoms with Gasteiger partial charge in [-0.05, 0) is 6.42 Å². The molecular weight excluding hydrogens is 238 g/mol. The Labute approximate surface area is 108 Å². The molecule has 0 spiro atoms. The Morgan fingerprint density at radius 1 is 1.22 bits per heavy atom. The summed E-state index contributed by atoms with van der Waals surface area (Å²) in [5.41, 5.74) is 5.54. The van der Waals surface area contributed by atoms with Crippen LogP contribution in [0.15, 0.2) is 0 Å². The Morgan fingerprint density at radius 2 is 1.83 bits per heavy atom. The fraction of sp³-hybridized carbons (Fsp3) is 0.909. The molecule has 1 unspecified atom stereocenters. The SMILES string of the molecule is CCC(N)C(=O)NCCOCCOCCNCO. The lowest BCUT2D eigenvalue weighted by Gasteiger charge is -2.10. The molecule has 0 aliphatic rings. The van der Waals surface area contributed by atoms with Gasteiger partial charge >= 0.3 is 0 Å². The molecule has 0 heterocycles. The van der Waals surface area contributed by atoms with Crippen LogP contribution < -0.4 is 16.4 Å². The third kappa shape index (κ3) is 10.4. The van der Waals surface area contributed by atoms with E-state index in [9.17, 15) is 4.79 Å². The fourth-order valence-corrected chi connectivity index (χ4v) is 1.11. The number of nitrogens with one attached hydrogen (secondary N) is 2. The lowest BCUT2D eigenvalue weighted by atomic mass is 10.2. The van der Waals surface area contributed by atoms with E-state index in [-0.39, 0.29) is 12.6 Å². The molecule has 1 atom stereocenters. The van der Waals surface area contributed by atoms with Gasteiger partial charge in [0.25, 0.3) is 0 Å². The van der Waals surface area contributed by atoms with Crippen LogP contribution in [-0.4, -0.2) is 63.3 Å². The highest BCUT2D eigenvalue weighted by atomic mass is 16.5. The zero-order chi connectivity index (χ0) is 13.6. The van der Waals surface area contributed by atoms with Crippen molar-refractivity contribution in [1.82, 2.24) is 10.6 Å². The summed E-state index contributed by atoms with van der Waals surface area (Å²) in [6.45, 7) is 4.85. The molecule has 1 amide bonds. The predicted octanol–water partition coefficient (Wildman–Crippen LogP) is -1.59. The molecule has 0 fully saturated rings. The van der Waals surface area contributed by atoms with Crippen LogP contribution in [-0.2, 0) is 14.3 Å². The number of aliphatic hydroxyl groups is 1. The van der Waals surface area contributed by atoms with Crippen molar-refractivity contribution < 1.29 is 19.4 Å². The molecule has 0 saturated carbocycles. The monoisotopic (exact) mass is 263 g/mol. The van der Waals surface area contributed by atoms with Crippen molar-refractivity contribution in [2.45, 2.75) is 19.4 Å². The largest absolute Gasteiger partial charge is 0.381 e. The Bertz CT molecular complexity index is 205. The molecule has 0 aliphatic carbocycles. The molecule has 0 aromatic carbocycles. The molecule has 0 aliphatic heterocycles. The van der Waals surface area contributed by atoms with Crippen LogP contribution in [0.3, 0.4) is 0 Å². The molecule has 5 N–H and O–H groups in total. The third-order valence-corrected chi connectivity index (χ3v) is 2.23. The van der Waals surface area contributed by atoms with E-state index in [1.165, 1.54) is 0 Å². The van der Waals surface area contributed by atoms with Crippen LogP contribution in [0.5, 0.6) is 0 Å². The highest BCUT2D eigenvalue weighted by Gasteiger charge is 2.08. The minimum Gasteiger partial charge on any atom is -0.381 e. The van der Waals surface area contributed by atoms with Crippen molar-refractivity contribution >= 4 is 5.91 Å². The van der Waals surface area contributed by atoms with E-state index in [1.54, 1.807) is 0 Å². The van der Waals surface area contributed by atoms with Gasteiger partial charge in [0.2, 0.25) is 5.91 Å². The molecule has 108 valence electrons. The first-order valence-corrected chi connectivity index (χ1v) is 6.22. The number of hydrogen-bond acceptors (Lipinski definition) is 6. The minimum atomic E-state index is -0.438. The van der Waals surface area contributed by atoms with E-state index >= 15 is 0 Å². The molecular formula is C11H25N3O4. The minimum absolute atomic E-state index is 0.0422. The van der Waals surface area contributed by atoms with Gasteiger partial charge in [0.15, 0.2) is 0 Å². The standard InChI is InChI=1S/C11H25N3O4/c1-2-10(12)11(16)14-4-6-18-8-7-17-5-3-13-9-15/h10,13,15H,2-9,12H2,1H3,(H,14,16). The topological polar surface area (TPSA) is 106 Å². The molecule has 0 aromatic heterocycles. The summed E-state index contributed by atoms with van der Waals surface area (Å²) < 4.78 is 10.5. The Hall–Kier alpha value is -0.730. The van der Waals surface area contributed by atoms with Gasteiger partial charge in [0.1, 0.15) is 0 Å². The van der Waals surface area contributed by atoms with Crippen LogP contribution in [0.25, 0.3) is 0 Å². The lowest BCUT2D eigenvalue weighted by Crippen LogP contribution is -2.41. The van der Waals surface area contributed by atoms with Crippen LogP contribution >= 0.6 is 0 Å². The Balaban J connectivity index is 3.14. The Morgan fingerprint density at radius 3 is 2.39 bits per heavy atom. The van der Waals surface area contributed by atoms with Gasteiger partial charge in [0.05, 0.1) is 39.2 Å². The maximum absolute atomic E-state index is 11.3. The summed E-state index contributed by atoms with van der Waals surface area (Å²) in [6, 6.07) is -0.438. The van der Waals surface area contributed by atoms with Crippen LogP contribution in [0, 0.1) is 0 Å². The van der Waals surface area contributed by atoms with E-state index in [1.807, 2.05) is 6.92 Å². The summed E-state index contributed by atoms with van der Waals surface area (Å²) in [4.78, 5) is 11.3. The number of hydrogen-bond donors (Lipinski definition) is 4.